The number of amides is 2. The van der Waals surface area contributed by atoms with E-state index < -0.39 is 53.9 Å². The average molecular weight is 774 g/mol. The molecule has 0 aromatic heterocycles. The molecular weight excluding hydrogens is 706 g/mol. The Labute approximate surface area is 328 Å². The van der Waals surface area contributed by atoms with Gasteiger partial charge in [0.25, 0.3) is 0 Å². The quantitative estimate of drug-likeness (QED) is 0.160. The maximum atomic E-state index is 14.3. The average Bonchev–Trinajstić information content (AvgIpc) is 3.50. The number of benzene rings is 1. The van der Waals surface area contributed by atoms with Crippen molar-refractivity contribution in [3.05, 3.63) is 29.8 Å². The summed E-state index contributed by atoms with van der Waals surface area (Å²) >= 11 is 0. The van der Waals surface area contributed by atoms with Gasteiger partial charge >= 0.3 is 5.97 Å². The number of methoxy groups -OCH3 is 2. The first-order chi connectivity index (χ1) is 25.7. The zero-order valence-electron chi connectivity index (χ0n) is 35.1. The summed E-state index contributed by atoms with van der Waals surface area (Å²) in [5.41, 5.74) is 0.653. The number of hydrogen-bond acceptors (Lipinski definition) is 10. The molecule has 1 aliphatic rings. The Morgan fingerprint density at radius 3 is 1.95 bits per heavy atom. The predicted octanol–water partition coefficient (Wildman–Crippen LogP) is 4.51. The molecule has 13 nitrogen and oxygen atoms in total. The van der Waals surface area contributed by atoms with Crippen molar-refractivity contribution in [2.75, 3.05) is 41.9 Å². The van der Waals surface area contributed by atoms with Gasteiger partial charge < -0.3 is 29.5 Å². The standard InChI is InChI=1S/C42H67N3O10/c1-13-26(6)39(44(10)41(51)32(24(2)3)21-35(49)38(25(4)5)43(8)9)36(54-11)22-37(50)45-23-31(47)20-33(45)40(55-12)27(7)34(48)19-29(42(52)53)18-28-14-16-30(46)17-15-28/h14-17,24-27,29,32-33,36,38-40,46H,13,18-23H2,1-12H3,(H,52,53)/t26-,27-,29+,32-,33-,36+,38-,39-,40+/m0/s1. The van der Waals surface area contributed by atoms with Gasteiger partial charge in [-0.15, -0.1) is 0 Å². The third kappa shape index (κ3) is 12.7. The largest absolute Gasteiger partial charge is 0.508 e. The van der Waals surface area contributed by atoms with Crippen molar-refractivity contribution in [2.45, 2.75) is 117 Å². The number of ketones is 3. The van der Waals surface area contributed by atoms with Gasteiger partial charge in [0.2, 0.25) is 11.8 Å². The molecule has 13 heteroatoms. The van der Waals surface area contributed by atoms with Gasteiger partial charge in [0.15, 0.2) is 11.6 Å². The van der Waals surface area contributed by atoms with Gasteiger partial charge in [-0.3, -0.25) is 33.7 Å². The summed E-state index contributed by atoms with van der Waals surface area (Å²) < 4.78 is 11.8. The fourth-order valence-electron chi connectivity index (χ4n) is 8.23. The number of carbonyl (C=O) groups excluding carboxylic acids is 5. The highest BCUT2D eigenvalue weighted by Gasteiger charge is 2.45. The Balaban J connectivity index is 2.32. The SMILES string of the molecule is CC[C@H](C)[C@@H]([C@@H](CC(=O)N1CC(=O)C[C@H]1[C@H](OC)[C@@H](C)C(=O)C[C@@H](Cc1ccc(O)cc1)C(=O)O)OC)N(C)C(=O)[C@@H](CC(=O)[C@H](C(C)C)N(C)C)C(C)C. The number of phenols is 1. The van der Waals surface area contributed by atoms with Crippen LogP contribution in [0.3, 0.4) is 0 Å². The summed E-state index contributed by atoms with van der Waals surface area (Å²) in [7, 11) is 8.32. The second-order valence-corrected chi connectivity index (χ2v) is 16.4. The van der Waals surface area contributed by atoms with Crippen LogP contribution in [-0.2, 0) is 44.7 Å². The molecule has 0 saturated carbocycles. The van der Waals surface area contributed by atoms with Crippen LogP contribution in [-0.4, -0.2) is 132 Å². The summed E-state index contributed by atoms with van der Waals surface area (Å²) in [6, 6.07) is 4.49. The summed E-state index contributed by atoms with van der Waals surface area (Å²) in [4.78, 5) is 85.6. The van der Waals surface area contributed by atoms with Crippen molar-refractivity contribution in [1.29, 1.82) is 0 Å². The predicted molar refractivity (Wildman–Crippen MR) is 209 cm³/mol. The van der Waals surface area contributed by atoms with E-state index in [0.29, 0.717) is 12.0 Å². The molecule has 2 N–H and O–H groups in total. The van der Waals surface area contributed by atoms with Gasteiger partial charge in [-0.25, -0.2) is 0 Å². The van der Waals surface area contributed by atoms with Crippen LogP contribution in [0.5, 0.6) is 5.75 Å². The van der Waals surface area contributed by atoms with E-state index in [1.54, 1.807) is 31.0 Å². The Hall–Kier alpha value is -3.68. The van der Waals surface area contributed by atoms with Crippen molar-refractivity contribution in [1.82, 2.24) is 14.7 Å². The molecule has 1 aliphatic heterocycles. The number of nitrogens with zero attached hydrogens (tertiary/aromatic N) is 3. The van der Waals surface area contributed by atoms with Gasteiger partial charge in [0.1, 0.15) is 11.5 Å². The van der Waals surface area contributed by atoms with Crippen molar-refractivity contribution < 1.29 is 48.5 Å². The first kappa shape index (κ1) is 47.5. The number of likely N-dealkylation sites (N-methyl/N-ethyl adjacent to an activating group) is 2. The number of ether oxygens (including phenoxy) is 2. The number of aliphatic carboxylic acids is 1. The minimum atomic E-state index is -1.14. The number of Topliss-reactive ketones (excluding diaryl/α,β-unsaturated/α-hetero) is 3. The second-order valence-electron chi connectivity index (χ2n) is 16.4. The van der Waals surface area contributed by atoms with E-state index in [0.717, 1.165) is 0 Å². The highest BCUT2D eigenvalue weighted by atomic mass is 16.5. The number of carbonyl (C=O) groups is 6. The van der Waals surface area contributed by atoms with Crippen LogP contribution in [0.25, 0.3) is 0 Å². The maximum Gasteiger partial charge on any atom is 0.307 e. The minimum absolute atomic E-state index is 0.0000174. The molecule has 310 valence electrons. The number of carboxylic acid groups (broad SMARTS) is 1. The van der Waals surface area contributed by atoms with Crippen molar-refractivity contribution in [3.63, 3.8) is 0 Å². The molecular formula is C42H67N3O10. The summed E-state index contributed by atoms with van der Waals surface area (Å²) in [6.07, 6.45) is -1.27. The topological polar surface area (TPSA) is 171 Å². The molecule has 1 fully saturated rings. The number of aromatic hydroxyl groups is 1. The summed E-state index contributed by atoms with van der Waals surface area (Å²) in [6.45, 7) is 13.3. The van der Waals surface area contributed by atoms with E-state index in [1.165, 1.54) is 31.3 Å². The van der Waals surface area contributed by atoms with Crippen LogP contribution in [0.4, 0.5) is 0 Å². The zero-order chi connectivity index (χ0) is 41.9. The molecule has 0 bridgehead atoms. The van der Waals surface area contributed by atoms with Crippen molar-refractivity contribution in [3.8, 4) is 5.75 Å². The third-order valence-electron chi connectivity index (χ3n) is 11.5. The minimum Gasteiger partial charge on any atom is -0.508 e. The lowest BCUT2D eigenvalue weighted by atomic mass is 9.83. The van der Waals surface area contributed by atoms with Crippen LogP contribution in [0, 0.1) is 35.5 Å². The number of carboxylic acids is 1. The lowest BCUT2D eigenvalue weighted by Crippen LogP contribution is -2.54. The number of phenolic OH excluding ortho intramolecular Hbond substituents is 1. The Morgan fingerprint density at radius 1 is 0.873 bits per heavy atom. The van der Waals surface area contributed by atoms with E-state index >= 15 is 0 Å². The molecule has 1 saturated heterocycles. The monoisotopic (exact) mass is 773 g/mol. The van der Waals surface area contributed by atoms with Gasteiger partial charge in [0.05, 0.1) is 49.2 Å². The normalized spacial score (nSPS) is 19.1. The Kier molecular flexibility index (Phi) is 18.6. The van der Waals surface area contributed by atoms with E-state index in [9.17, 15) is 39.0 Å². The van der Waals surface area contributed by atoms with Crippen LogP contribution in [0.2, 0.25) is 0 Å². The zero-order valence-corrected chi connectivity index (χ0v) is 35.1. The maximum absolute atomic E-state index is 14.3. The third-order valence-corrected chi connectivity index (χ3v) is 11.5. The molecule has 0 aliphatic carbocycles. The number of rotatable bonds is 23. The van der Waals surface area contributed by atoms with Crippen LogP contribution in [0.1, 0.15) is 86.1 Å². The fraction of sp³-hybridized carbons (Fsp3) is 0.714. The van der Waals surface area contributed by atoms with Gasteiger partial charge in [-0.05, 0) is 56.0 Å². The molecule has 1 aromatic carbocycles. The molecule has 1 heterocycles. The fourth-order valence-corrected chi connectivity index (χ4v) is 8.23. The molecule has 0 radical (unpaired) electrons. The van der Waals surface area contributed by atoms with Gasteiger partial charge in [-0.1, -0.05) is 67.0 Å². The Morgan fingerprint density at radius 2 is 1.47 bits per heavy atom. The second kappa shape index (κ2) is 21.6. The lowest BCUT2D eigenvalue weighted by Gasteiger charge is -2.41. The van der Waals surface area contributed by atoms with Crippen LogP contribution < -0.4 is 0 Å². The van der Waals surface area contributed by atoms with Crippen LogP contribution in [0.15, 0.2) is 24.3 Å². The van der Waals surface area contributed by atoms with E-state index in [4.69, 9.17) is 9.47 Å². The first-order valence-electron chi connectivity index (χ1n) is 19.6. The number of likely N-dealkylation sites (tertiary alicyclic amines) is 1. The summed E-state index contributed by atoms with van der Waals surface area (Å²) in [5, 5.41) is 19.5. The molecule has 1 aromatic rings. The smallest absolute Gasteiger partial charge is 0.307 e. The highest BCUT2D eigenvalue weighted by molar-refractivity contribution is 5.92. The molecule has 9 atom stereocenters. The summed E-state index contributed by atoms with van der Waals surface area (Å²) in [5.74, 6) is -4.86. The first-order valence-corrected chi connectivity index (χ1v) is 19.6. The molecule has 55 heavy (non-hydrogen) atoms. The molecule has 2 amide bonds. The molecule has 0 unspecified atom stereocenters. The van der Waals surface area contributed by atoms with E-state index in [-0.39, 0.29) is 91.5 Å². The van der Waals surface area contributed by atoms with Gasteiger partial charge in [0, 0.05) is 52.4 Å². The van der Waals surface area contributed by atoms with Crippen molar-refractivity contribution >= 4 is 35.1 Å². The Bertz CT molecular complexity index is 1450. The van der Waals surface area contributed by atoms with Gasteiger partial charge in [-0.2, -0.15) is 0 Å². The van der Waals surface area contributed by atoms with E-state index in [2.05, 4.69) is 0 Å². The number of hydrogen-bond donors (Lipinski definition) is 2. The van der Waals surface area contributed by atoms with E-state index in [1.807, 2.05) is 60.5 Å². The highest BCUT2D eigenvalue weighted by Crippen LogP contribution is 2.31. The molecule has 2 rings (SSSR count). The van der Waals surface area contributed by atoms with Crippen molar-refractivity contribution in [2.24, 2.45) is 35.5 Å². The van der Waals surface area contributed by atoms with Crippen LogP contribution >= 0.6 is 0 Å². The molecule has 0 spiro atoms. The lowest BCUT2D eigenvalue weighted by molar-refractivity contribution is -0.149.